The lowest BCUT2D eigenvalue weighted by atomic mass is 9.85. The highest BCUT2D eigenvalue weighted by Gasteiger charge is 2.52. The molecule has 0 radical (unpaired) electrons. The minimum Gasteiger partial charge on any atom is -0.368 e. The molecule has 3 fully saturated rings. The molecule has 1 unspecified atom stereocenters. The SMILES string of the molecule is O=C([C@@H]1CCCO1)N1CCC2(CCN(Cc3cccnc3)C2=O)C1. The Kier molecular flexibility index (Phi) is 4.00. The van der Waals surface area contributed by atoms with Gasteiger partial charge in [0.2, 0.25) is 5.91 Å². The van der Waals surface area contributed by atoms with E-state index in [1.807, 2.05) is 21.9 Å². The van der Waals surface area contributed by atoms with E-state index in [9.17, 15) is 9.59 Å². The lowest BCUT2D eigenvalue weighted by Crippen LogP contribution is -2.41. The molecule has 0 bridgehead atoms. The summed E-state index contributed by atoms with van der Waals surface area (Å²) in [5.74, 6) is 0.261. The number of ether oxygens (including phenoxy) is 1. The Morgan fingerprint density at radius 2 is 2.25 bits per heavy atom. The van der Waals surface area contributed by atoms with Crippen LogP contribution in [0.4, 0.5) is 0 Å². The Bertz CT molecular complexity index is 630. The van der Waals surface area contributed by atoms with Crippen LogP contribution >= 0.6 is 0 Å². The van der Waals surface area contributed by atoms with Crippen LogP contribution in [0, 0.1) is 5.41 Å². The molecule has 3 aliphatic heterocycles. The van der Waals surface area contributed by atoms with Crippen molar-refractivity contribution >= 4 is 11.8 Å². The van der Waals surface area contributed by atoms with Crippen molar-refractivity contribution in [3.05, 3.63) is 30.1 Å². The molecule has 6 nitrogen and oxygen atoms in total. The predicted molar refractivity (Wildman–Crippen MR) is 86.9 cm³/mol. The van der Waals surface area contributed by atoms with Crippen molar-refractivity contribution in [2.45, 2.75) is 38.3 Å². The van der Waals surface area contributed by atoms with Gasteiger partial charge in [-0.2, -0.15) is 0 Å². The second-order valence-corrected chi connectivity index (χ2v) is 7.13. The van der Waals surface area contributed by atoms with Crippen LogP contribution in [0.2, 0.25) is 0 Å². The zero-order valence-corrected chi connectivity index (χ0v) is 13.8. The van der Waals surface area contributed by atoms with Gasteiger partial charge in [-0.3, -0.25) is 14.6 Å². The molecule has 1 spiro atoms. The summed E-state index contributed by atoms with van der Waals surface area (Å²) in [7, 11) is 0. The number of rotatable bonds is 3. The summed E-state index contributed by atoms with van der Waals surface area (Å²) in [4.78, 5) is 33.4. The lowest BCUT2D eigenvalue weighted by molar-refractivity contribution is -0.141. The number of likely N-dealkylation sites (tertiary alicyclic amines) is 2. The number of amides is 2. The average Bonchev–Trinajstić information content (AvgIpc) is 3.34. The number of hydrogen-bond donors (Lipinski definition) is 0. The smallest absolute Gasteiger partial charge is 0.251 e. The number of aromatic nitrogens is 1. The van der Waals surface area contributed by atoms with E-state index in [0.29, 0.717) is 26.2 Å². The number of carbonyl (C=O) groups is 2. The van der Waals surface area contributed by atoms with Crippen molar-refractivity contribution in [2.75, 3.05) is 26.2 Å². The van der Waals surface area contributed by atoms with Crippen molar-refractivity contribution in [1.82, 2.24) is 14.8 Å². The molecule has 24 heavy (non-hydrogen) atoms. The van der Waals surface area contributed by atoms with Gasteiger partial charge in [0, 0.05) is 45.2 Å². The molecule has 0 saturated carbocycles. The van der Waals surface area contributed by atoms with Gasteiger partial charge < -0.3 is 14.5 Å². The summed E-state index contributed by atoms with van der Waals surface area (Å²) in [6.07, 6.45) is 6.62. The third kappa shape index (κ3) is 2.69. The molecular weight excluding hydrogens is 306 g/mol. The Morgan fingerprint density at radius 1 is 1.38 bits per heavy atom. The van der Waals surface area contributed by atoms with Crippen molar-refractivity contribution in [2.24, 2.45) is 5.41 Å². The number of nitrogens with zero attached hydrogens (tertiary/aromatic N) is 3. The van der Waals surface area contributed by atoms with Crippen molar-refractivity contribution in [1.29, 1.82) is 0 Å². The standard InChI is InChI=1S/C18H23N3O3/c22-16(15-4-2-10-24-15)21-9-6-18(13-21)5-8-20(17(18)23)12-14-3-1-7-19-11-14/h1,3,7,11,15H,2,4-6,8-10,12-13H2/t15-,18?/m0/s1. The van der Waals surface area contributed by atoms with Crippen LogP contribution in [0.3, 0.4) is 0 Å². The molecule has 1 aromatic rings. The molecule has 2 amide bonds. The molecule has 0 N–H and O–H groups in total. The maximum absolute atomic E-state index is 13.0. The van der Waals surface area contributed by atoms with Crippen molar-refractivity contribution < 1.29 is 14.3 Å². The normalized spacial score (nSPS) is 29.8. The van der Waals surface area contributed by atoms with Gasteiger partial charge in [0.1, 0.15) is 6.10 Å². The van der Waals surface area contributed by atoms with Gasteiger partial charge >= 0.3 is 0 Å². The third-order valence-electron chi connectivity index (χ3n) is 5.57. The van der Waals surface area contributed by atoms with E-state index < -0.39 is 0 Å². The highest BCUT2D eigenvalue weighted by atomic mass is 16.5. The molecular formula is C18H23N3O3. The van der Waals surface area contributed by atoms with Gasteiger partial charge in [0.05, 0.1) is 5.41 Å². The summed E-state index contributed by atoms with van der Waals surface area (Å²) in [6, 6.07) is 3.89. The zero-order chi connectivity index (χ0) is 16.6. The Hall–Kier alpha value is -1.95. The Labute approximate surface area is 141 Å². The van der Waals surface area contributed by atoms with Crippen LogP contribution in [0.25, 0.3) is 0 Å². The molecule has 0 aromatic carbocycles. The number of carbonyl (C=O) groups excluding carboxylic acids is 2. The van der Waals surface area contributed by atoms with Gasteiger partial charge in [0.25, 0.3) is 5.91 Å². The fourth-order valence-electron chi connectivity index (χ4n) is 4.17. The van der Waals surface area contributed by atoms with Crippen LogP contribution in [-0.4, -0.2) is 58.9 Å². The minimum absolute atomic E-state index is 0.0721. The molecule has 0 aliphatic carbocycles. The minimum atomic E-state index is -0.378. The third-order valence-corrected chi connectivity index (χ3v) is 5.57. The first-order valence-electron chi connectivity index (χ1n) is 8.77. The topological polar surface area (TPSA) is 62.7 Å². The van der Waals surface area contributed by atoms with E-state index in [-0.39, 0.29) is 23.3 Å². The van der Waals surface area contributed by atoms with Crippen LogP contribution in [0.1, 0.15) is 31.2 Å². The first kappa shape index (κ1) is 15.6. The summed E-state index contributed by atoms with van der Waals surface area (Å²) in [6.45, 7) is 3.26. The zero-order valence-electron chi connectivity index (χ0n) is 13.8. The monoisotopic (exact) mass is 329 g/mol. The van der Waals surface area contributed by atoms with Gasteiger partial charge in [-0.1, -0.05) is 6.07 Å². The summed E-state index contributed by atoms with van der Waals surface area (Å²) >= 11 is 0. The summed E-state index contributed by atoms with van der Waals surface area (Å²) in [5, 5.41) is 0. The second kappa shape index (κ2) is 6.16. The Balaban J connectivity index is 1.41. The first-order valence-corrected chi connectivity index (χ1v) is 8.77. The Morgan fingerprint density at radius 3 is 3.00 bits per heavy atom. The molecule has 3 saturated heterocycles. The van der Waals surface area contributed by atoms with E-state index >= 15 is 0 Å². The molecule has 6 heteroatoms. The highest BCUT2D eigenvalue weighted by molar-refractivity contribution is 5.88. The average molecular weight is 329 g/mol. The van der Waals surface area contributed by atoms with E-state index in [1.165, 1.54) is 0 Å². The lowest BCUT2D eigenvalue weighted by Gasteiger charge is -2.25. The first-order chi connectivity index (χ1) is 11.7. The van der Waals surface area contributed by atoms with Gasteiger partial charge in [-0.05, 0) is 37.3 Å². The fraction of sp³-hybridized carbons (Fsp3) is 0.611. The molecule has 128 valence electrons. The van der Waals surface area contributed by atoms with E-state index in [1.54, 1.807) is 12.4 Å². The molecule has 1 aromatic heterocycles. The van der Waals surface area contributed by atoms with Gasteiger partial charge in [-0.25, -0.2) is 0 Å². The van der Waals surface area contributed by atoms with Gasteiger partial charge in [-0.15, -0.1) is 0 Å². The van der Waals surface area contributed by atoms with E-state index in [4.69, 9.17) is 4.74 Å². The van der Waals surface area contributed by atoms with Crippen molar-refractivity contribution in [3.63, 3.8) is 0 Å². The van der Waals surface area contributed by atoms with E-state index in [0.717, 1.165) is 37.8 Å². The van der Waals surface area contributed by atoms with E-state index in [2.05, 4.69) is 4.98 Å². The van der Waals surface area contributed by atoms with Crippen LogP contribution < -0.4 is 0 Å². The molecule has 4 heterocycles. The largest absolute Gasteiger partial charge is 0.368 e. The quantitative estimate of drug-likeness (QED) is 0.836. The van der Waals surface area contributed by atoms with Crippen LogP contribution in [0.15, 0.2) is 24.5 Å². The maximum atomic E-state index is 13.0. The number of pyridine rings is 1. The highest BCUT2D eigenvalue weighted by Crippen LogP contribution is 2.41. The van der Waals surface area contributed by atoms with Gasteiger partial charge in [0.15, 0.2) is 0 Å². The van der Waals surface area contributed by atoms with Crippen LogP contribution in [0.5, 0.6) is 0 Å². The number of hydrogen-bond acceptors (Lipinski definition) is 4. The molecule has 3 aliphatic rings. The fourth-order valence-corrected chi connectivity index (χ4v) is 4.17. The second-order valence-electron chi connectivity index (χ2n) is 7.13. The summed E-state index contributed by atoms with van der Waals surface area (Å²) in [5.41, 5.74) is 0.671. The van der Waals surface area contributed by atoms with Crippen LogP contribution in [-0.2, 0) is 20.9 Å². The molecule has 4 rings (SSSR count). The maximum Gasteiger partial charge on any atom is 0.251 e. The van der Waals surface area contributed by atoms with Crippen molar-refractivity contribution in [3.8, 4) is 0 Å². The molecule has 2 atom stereocenters. The summed E-state index contributed by atoms with van der Waals surface area (Å²) < 4.78 is 5.51. The predicted octanol–water partition coefficient (Wildman–Crippen LogP) is 1.21.